The zero-order valence-corrected chi connectivity index (χ0v) is 11.9. The second kappa shape index (κ2) is 5.93. The normalized spacial score (nSPS) is 10.3. The molecule has 2 N–H and O–H groups in total. The van der Waals surface area contributed by atoms with Gasteiger partial charge in [-0.2, -0.15) is 0 Å². The second-order valence-corrected chi connectivity index (χ2v) is 4.78. The van der Waals surface area contributed by atoms with E-state index in [1.54, 1.807) is 31.4 Å². The van der Waals surface area contributed by atoms with Gasteiger partial charge in [0.25, 0.3) is 0 Å². The third kappa shape index (κ3) is 3.38. The van der Waals surface area contributed by atoms with Gasteiger partial charge in [0.1, 0.15) is 23.9 Å². The van der Waals surface area contributed by atoms with E-state index in [0.29, 0.717) is 22.7 Å². The van der Waals surface area contributed by atoms with Crippen LogP contribution in [-0.2, 0) is 6.61 Å². The molecular formula is C14H13BrFNO2. The lowest BCUT2D eigenvalue weighted by Gasteiger charge is -2.11. The molecule has 0 fully saturated rings. The van der Waals surface area contributed by atoms with Crippen molar-refractivity contribution in [3.05, 3.63) is 52.3 Å². The molecule has 2 aromatic carbocycles. The van der Waals surface area contributed by atoms with Crippen LogP contribution in [0.1, 0.15) is 5.56 Å². The van der Waals surface area contributed by atoms with E-state index in [0.717, 1.165) is 4.47 Å². The fourth-order valence-corrected chi connectivity index (χ4v) is 1.94. The average molecular weight is 326 g/mol. The predicted molar refractivity (Wildman–Crippen MR) is 75.8 cm³/mol. The molecule has 0 aromatic heterocycles. The highest BCUT2D eigenvalue weighted by atomic mass is 79.9. The van der Waals surface area contributed by atoms with Crippen molar-refractivity contribution in [1.82, 2.24) is 0 Å². The third-order valence-electron chi connectivity index (χ3n) is 2.61. The summed E-state index contributed by atoms with van der Waals surface area (Å²) >= 11 is 3.35. The van der Waals surface area contributed by atoms with E-state index in [9.17, 15) is 4.39 Å². The van der Waals surface area contributed by atoms with Gasteiger partial charge in [-0.1, -0.05) is 15.9 Å². The molecule has 100 valence electrons. The first-order valence-electron chi connectivity index (χ1n) is 5.60. The van der Waals surface area contributed by atoms with E-state index in [2.05, 4.69) is 15.9 Å². The predicted octanol–water partition coefficient (Wildman–Crippen LogP) is 3.76. The Labute approximate surface area is 119 Å². The van der Waals surface area contributed by atoms with Crippen LogP contribution >= 0.6 is 15.9 Å². The van der Waals surface area contributed by atoms with Crippen molar-refractivity contribution in [2.45, 2.75) is 6.61 Å². The van der Waals surface area contributed by atoms with Gasteiger partial charge in [-0.3, -0.25) is 0 Å². The lowest BCUT2D eigenvalue weighted by atomic mass is 10.2. The molecule has 2 aromatic rings. The minimum atomic E-state index is -0.305. The molecule has 0 unspecified atom stereocenters. The van der Waals surface area contributed by atoms with Gasteiger partial charge in [0.15, 0.2) is 0 Å². The van der Waals surface area contributed by atoms with Gasteiger partial charge >= 0.3 is 0 Å². The number of rotatable bonds is 4. The van der Waals surface area contributed by atoms with Crippen LogP contribution in [0.15, 0.2) is 40.9 Å². The first-order chi connectivity index (χ1) is 9.10. The number of hydrogen-bond donors (Lipinski definition) is 1. The molecule has 0 spiro atoms. The molecule has 0 aliphatic carbocycles. The molecule has 0 heterocycles. The summed E-state index contributed by atoms with van der Waals surface area (Å²) in [6, 6.07) is 9.59. The first-order valence-corrected chi connectivity index (χ1v) is 6.39. The molecule has 19 heavy (non-hydrogen) atoms. The lowest BCUT2D eigenvalue weighted by molar-refractivity contribution is 0.304. The summed E-state index contributed by atoms with van der Waals surface area (Å²) in [4.78, 5) is 0. The van der Waals surface area contributed by atoms with Crippen LogP contribution in [0.3, 0.4) is 0 Å². The van der Waals surface area contributed by atoms with E-state index in [4.69, 9.17) is 15.2 Å². The first kappa shape index (κ1) is 13.7. The summed E-state index contributed by atoms with van der Waals surface area (Å²) in [7, 11) is 1.57. The highest BCUT2D eigenvalue weighted by molar-refractivity contribution is 9.10. The Morgan fingerprint density at radius 3 is 2.74 bits per heavy atom. The number of methoxy groups -OCH3 is 1. The summed E-state index contributed by atoms with van der Waals surface area (Å²) in [5.41, 5.74) is 7.03. The Bertz CT molecular complexity index is 590. The number of benzene rings is 2. The monoisotopic (exact) mass is 325 g/mol. The van der Waals surface area contributed by atoms with Crippen molar-refractivity contribution in [2.24, 2.45) is 0 Å². The van der Waals surface area contributed by atoms with E-state index in [1.807, 2.05) is 0 Å². The standard InChI is InChI=1S/C14H13BrFNO2/c1-18-11-3-5-13(17)14(7-11)19-8-9-6-10(16)2-4-12(9)15/h2-7H,8,17H2,1H3. The van der Waals surface area contributed by atoms with Gasteiger partial charge < -0.3 is 15.2 Å². The Morgan fingerprint density at radius 2 is 2.00 bits per heavy atom. The SMILES string of the molecule is COc1ccc(N)c(OCc2cc(F)ccc2Br)c1. The molecule has 0 amide bonds. The summed E-state index contributed by atoms with van der Waals surface area (Å²) < 4.78 is 24.6. The maximum atomic E-state index is 13.1. The molecule has 0 saturated carbocycles. The largest absolute Gasteiger partial charge is 0.497 e. The quantitative estimate of drug-likeness (QED) is 0.870. The molecule has 0 aliphatic heterocycles. The van der Waals surface area contributed by atoms with Crippen LogP contribution in [0.5, 0.6) is 11.5 Å². The molecule has 0 saturated heterocycles. The minimum Gasteiger partial charge on any atom is -0.497 e. The van der Waals surface area contributed by atoms with Crippen molar-refractivity contribution in [1.29, 1.82) is 0 Å². The average Bonchev–Trinajstić information content (AvgIpc) is 2.41. The van der Waals surface area contributed by atoms with Gasteiger partial charge in [-0.05, 0) is 30.3 Å². The molecule has 0 atom stereocenters. The Hall–Kier alpha value is -1.75. The molecule has 0 bridgehead atoms. The van der Waals surface area contributed by atoms with Gasteiger partial charge in [0.05, 0.1) is 12.8 Å². The van der Waals surface area contributed by atoms with Crippen LogP contribution < -0.4 is 15.2 Å². The molecule has 3 nitrogen and oxygen atoms in total. The van der Waals surface area contributed by atoms with Crippen LogP contribution in [0.2, 0.25) is 0 Å². The van der Waals surface area contributed by atoms with Crippen molar-refractivity contribution in [3.8, 4) is 11.5 Å². The second-order valence-electron chi connectivity index (χ2n) is 3.93. The number of nitrogens with two attached hydrogens (primary N) is 1. The van der Waals surface area contributed by atoms with E-state index in [-0.39, 0.29) is 12.4 Å². The van der Waals surface area contributed by atoms with Crippen LogP contribution in [0, 0.1) is 5.82 Å². The zero-order valence-electron chi connectivity index (χ0n) is 10.3. The van der Waals surface area contributed by atoms with E-state index < -0.39 is 0 Å². The maximum Gasteiger partial charge on any atom is 0.146 e. The van der Waals surface area contributed by atoms with E-state index in [1.165, 1.54) is 12.1 Å². The summed E-state index contributed by atoms with van der Waals surface area (Å²) in [5.74, 6) is 0.860. The van der Waals surface area contributed by atoms with Crippen molar-refractivity contribution in [3.63, 3.8) is 0 Å². The van der Waals surface area contributed by atoms with Gasteiger partial charge in [-0.15, -0.1) is 0 Å². The van der Waals surface area contributed by atoms with Gasteiger partial charge in [-0.25, -0.2) is 4.39 Å². The highest BCUT2D eigenvalue weighted by Crippen LogP contribution is 2.28. The molecule has 5 heteroatoms. The minimum absolute atomic E-state index is 0.218. The lowest BCUT2D eigenvalue weighted by Crippen LogP contribution is -2.00. The molecule has 0 aliphatic rings. The smallest absolute Gasteiger partial charge is 0.146 e. The zero-order chi connectivity index (χ0) is 13.8. The van der Waals surface area contributed by atoms with E-state index >= 15 is 0 Å². The number of halogens is 2. The fraction of sp³-hybridized carbons (Fsp3) is 0.143. The Balaban J connectivity index is 2.16. The summed E-state index contributed by atoms with van der Waals surface area (Å²) in [5, 5.41) is 0. The number of nitrogen functional groups attached to an aromatic ring is 1. The van der Waals surface area contributed by atoms with Crippen LogP contribution in [0.4, 0.5) is 10.1 Å². The van der Waals surface area contributed by atoms with Gasteiger partial charge in [0, 0.05) is 16.1 Å². The van der Waals surface area contributed by atoms with Crippen molar-refractivity contribution in [2.75, 3.05) is 12.8 Å². The number of ether oxygens (including phenoxy) is 2. The third-order valence-corrected chi connectivity index (χ3v) is 3.39. The van der Waals surface area contributed by atoms with Crippen molar-refractivity contribution < 1.29 is 13.9 Å². The van der Waals surface area contributed by atoms with Crippen LogP contribution in [0.25, 0.3) is 0 Å². The summed E-state index contributed by atoms with van der Waals surface area (Å²) in [6.07, 6.45) is 0. The Kier molecular flexibility index (Phi) is 4.27. The number of anilines is 1. The molecule has 0 radical (unpaired) electrons. The summed E-state index contributed by atoms with van der Waals surface area (Å²) in [6.45, 7) is 0.218. The highest BCUT2D eigenvalue weighted by Gasteiger charge is 2.06. The number of hydrogen-bond acceptors (Lipinski definition) is 3. The fourth-order valence-electron chi connectivity index (χ4n) is 1.58. The topological polar surface area (TPSA) is 44.5 Å². The Morgan fingerprint density at radius 1 is 1.21 bits per heavy atom. The molecular weight excluding hydrogens is 313 g/mol. The molecule has 2 rings (SSSR count). The van der Waals surface area contributed by atoms with Gasteiger partial charge in [0.2, 0.25) is 0 Å². The maximum absolute atomic E-state index is 13.1. The van der Waals surface area contributed by atoms with Crippen LogP contribution in [-0.4, -0.2) is 7.11 Å². The van der Waals surface area contributed by atoms with Crippen molar-refractivity contribution >= 4 is 21.6 Å².